The standard InChI is InChI=1S/C20H20F2N4O4S/c1-3-4-11-26(2)31(28,29)15-8-5-13(6-9-15)18(27)23-20-25-24-19(30-20)16-10-7-14(21)12-17(16)22/h5-10,12H,3-4,11H2,1-2H3,(H,23,25,27). The molecule has 0 saturated carbocycles. The van der Waals surface area contributed by atoms with Crippen LogP contribution >= 0.6 is 0 Å². The molecule has 1 N–H and O–H groups in total. The summed E-state index contributed by atoms with van der Waals surface area (Å²) >= 11 is 0. The van der Waals surface area contributed by atoms with Gasteiger partial charge >= 0.3 is 6.01 Å². The summed E-state index contributed by atoms with van der Waals surface area (Å²) in [6, 6.07) is 7.93. The first-order chi connectivity index (χ1) is 14.7. The van der Waals surface area contributed by atoms with Gasteiger partial charge in [0.15, 0.2) is 0 Å². The first-order valence-corrected chi connectivity index (χ1v) is 10.8. The molecule has 0 aliphatic rings. The van der Waals surface area contributed by atoms with Crippen LogP contribution < -0.4 is 5.32 Å². The number of nitrogens with one attached hydrogen (secondary N) is 1. The average molecular weight is 450 g/mol. The van der Waals surface area contributed by atoms with E-state index >= 15 is 0 Å². The summed E-state index contributed by atoms with van der Waals surface area (Å²) in [6.45, 7) is 2.37. The van der Waals surface area contributed by atoms with Gasteiger partial charge < -0.3 is 4.42 Å². The highest BCUT2D eigenvalue weighted by atomic mass is 32.2. The Balaban J connectivity index is 1.71. The minimum absolute atomic E-state index is 0.0644. The molecule has 0 atom stereocenters. The largest absolute Gasteiger partial charge is 0.403 e. The molecule has 0 bridgehead atoms. The molecule has 1 heterocycles. The summed E-state index contributed by atoms with van der Waals surface area (Å²) in [7, 11) is -2.15. The topological polar surface area (TPSA) is 105 Å². The lowest BCUT2D eigenvalue weighted by Gasteiger charge is -2.16. The van der Waals surface area contributed by atoms with E-state index in [1.54, 1.807) is 0 Å². The van der Waals surface area contributed by atoms with Crippen LogP contribution in [0.2, 0.25) is 0 Å². The van der Waals surface area contributed by atoms with E-state index in [0.717, 1.165) is 25.0 Å². The molecule has 31 heavy (non-hydrogen) atoms. The number of anilines is 1. The number of halogens is 2. The summed E-state index contributed by atoms with van der Waals surface area (Å²) in [4.78, 5) is 12.4. The van der Waals surface area contributed by atoms with Crippen molar-refractivity contribution in [1.82, 2.24) is 14.5 Å². The number of carbonyl (C=O) groups is 1. The van der Waals surface area contributed by atoms with E-state index in [9.17, 15) is 22.0 Å². The van der Waals surface area contributed by atoms with E-state index in [-0.39, 0.29) is 27.9 Å². The van der Waals surface area contributed by atoms with Crippen molar-refractivity contribution in [3.8, 4) is 11.5 Å². The second-order valence-corrected chi connectivity index (χ2v) is 8.74. The summed E-state index contributed by atoms with van der Waals surface area (Å²) < 4.78 is 58.4. The highest BCUT2D eigenvalue weighted by Crippen LogP contribution is 2.24. The number of nitrogens with zero attached hydrogens (tertiary/aromatic N) is 3. The fraction of sp³-hybridized carbons (Fsp3) is 0.250. The Morgan fingerprint density at radius 3 is 2.48 bits per heavy atom. The Morgan fingerprint density at radius 2 is 1.84 bits per heavy atom. The van der Waals surface area contributed by atoms with E-state index in [4.69, 9.17) is 4.42 Å². The van der Waals surface area contributed by atoms with Crippen LogP contribution in [0.4, 0.5) is 14.8 Å². The number of sulfonamides is 1. The Hall–Kier alpha value is -3.18. The zero-order valence-corrected chi connectivity index (χ0v) is 17.6. The molecule has 1 aromatic heterocycles. The lowest BCUT2D eigenvalue weighted by molar-refractivity contribution is 0.102. The quantitative estimate of drug-likeness (QED) is 0.561. The molecule has 0 unspecified atom stereocenters. The number of hydrogen-bond acceptors (Lipinski definition) is 6. The Morgan fingerprint density at radius 1 is 1.13 bits per heavy atom. The predicted molar refractivity (Wildman–Crippen MR) is 109 cm³/mol. The van der Waals surface area contributed by atoms with Gasteiger partial charge in [-0.05, 0) is 42.8 Å². The van der Waals surface area contributed by atoms with Crippen LogP contribution in [0.25, 0.3) is 11.5 Å². The maximum absolute atomic E-state index is 13.8. The normalized spacial score (nSPS) is 11.6. The van der Waals surface area contributed by atoms with Crippen molar-refractivity contribution in [3.05, 3.63) is 59.7 Å². The first kappa shape index (κ1) is 22.5. The molecule has 0 aliphatic carbocycles. The second-order valence-electron chi connectivity index (χ2n) is 6.70. The zero-order chi connectivity index (χ0) is 22.6. The third-order valence-corrected chi connectivity index (χ3v) is 6.33. The third-order valence-electron chi connectivity index (χ3n) is 4.46. The highest BCUT2D eigenvalue weighted by Gasteiger charge is 2.21. The van der Waals surface area contributed by atoms with E-state index in [0.29, 0.717) is 12.6 Å². The minimum atomic E-state index is -3.65. The number of hydrogen-bond donors (Lipinski definition) is 1. The molecule has 1 amide bonds. The van der Waals surface area contributed by atoms with E-state index < -0.39 is 27.6 Å². The lowest BCUT2D eigenvalue weighted by atomic mass is 10.2. The minimum Gasteiger partial charge on any atom is -0.403 e. The van der Waals surface area contributed by atoms with Crippen molar-refractivity contribution in [2.24, 2.45) is 0 Å². The second kappa shape index (κ2) is 9.31. The zero-order valence-electron chi connectivity index (χ0n) is 16.8. The van der Waals surface area contributed by atoms with Gasteiger partial charge in [-0.15, -0.1) is 5.10 Å². The molecule has 2 aromatic carbocycles. The molecule has 3 rings (SSSR count). The first-order valence-electron chi connectivity index (χ1n) is 9.39. The molecule has 0 saturated heterocycles. The van der Waals surface area contributed by atoms with Gasteiger partial charge in [0.05, 0.1) is 10.5 Å². The maximum Gasteiger partial charge on any atom is 0.322 e. The van der Waals surface area contributed by atoms with Gasteiger partial charge in [0.25, 0.3) is 11.8 Å². The highest BCUT2D eigenvalue weighted by molar-refractivity contribution is 7.89. The number of benzene rings is 2. The Kier molecular flexibility index (Phi) is 6.76. The molecule has 0 fully saturated rings. The molecule has 0 aliphatic heterocycles. The van der Waals surface area contributed by atoms with Crippen LogP contribution in [-0.2, 0) is 10.0 Å². The van der Waals surface area contributed by atoms with Crippen LogP contribution in [0.1, 0.15) is 30.1 Å². The van der Waals surface area contributed by atoms with Crippen molar-refractivity contribution in [2.45, 2.75) is 24.7 Å². The average Bonchev–Trinajstić information content (AvgIpc) is 3.20. The van der Waals surface area contributed by atoms with Gasteiger partial charge in [0, 0.05) is 25.2 Å². The summed E-state index contributed by atoms with van der Waals surface area (Å²) in [5, 5.41) is 9.61. The smallest absolute Gasteiger partial charge is 0.322 e. The molecule has 0 radical (unpaired) electrons. The number of aromatic nitrogens is 2. The Bertz CT molecular complexity index is 1180. The number of unbranched alkanes of at least 4 members (excludes halogenated alkanes) is 1. The van der Waals surface area contributed by atoms with Crippen LogP contribution in [0, 0.1) is 11.6 Å². The fourth-order valence-electron chi connectivity index (χ4n) is 2.67. The van der Waals surface area contributed by atoms with Gasteiger partial charge in [0.2, 0.25) is 10.0 Å². The lowest BCUT2D eigenvalue weighted by Crippen LogP contribution is -2.28. The van der Waals surface area contributed by atoms with Crippen LogP contribution in [0.15, 0.2) is 51.8 Å². The monoisotopic (exact) mass is 450 g/mol. The van der Waals surface area contributed by atoms with E-state index in [2.05, 4.69) is 15.5 Å². The number of carbonyl (C=O) groups excluding carboxylic acids is 1. The molecular formula is C20H20F2N4O4S. The fourth-order valence-corrected chi connectivity index (χ4v) is 3.88. The van der Waals surface area contributed by atoms with Crippen molar-refractivity contribution in [1.29, 1.82) is 0 Å². The van der Waals surface area contributed by atoms with Crippen molar-refractivity contribution in [3.63, 3.8) is 0 Å². The van der Waals surface area contributed by atoms with Gasteiger partial charge in [-0.25, -0.2) is 21.5 Å². The molecular weight excluding hydrogens is 430 g/mol. The Labute approximate surface area is 178 Å². The summed E-state index contributed by atoms with van der Waals surface area (Å²) in [5.41, 5.74) is 0.0408. The summed E-state index contributed by atoms with van der Waals surface area (Å²) in [5.74, 6) is -2.50. The van der Waals surface area contributed by atoms with Crippen LogP contribution in [0.5, 0.6) is 0 Å². The van der Waals surface area contributed by atoms with E-state index in [1.165, 1.54) is 35.6 Å². The van der Waals surface area contributed by atoms with Gasteiger partial charge in [0.1, 0.15) is 11.6 Å². The van der Waals surface area contributed by atoms with Gasteiger partial charge in [-0.3, -0.25) is 10.1 Å². The molecule has 0 spiro atoms. The van der Waals surface area contributed by atoms with Gasteiger partial charge in [-0.2, -0.15) is 0 Å². The molecule has 3 aromatic rings. The molecule has 164 valence electrons. The SMILES string of the molecule is CCCCN(C)S(=O)(=O)c1ccc(C(=O)Nc2nnc(-c3ccc(F)cc3F)o2)cc1. The maximum atomic E-state index is 13.8. The van der Waals surface area contributed by atoms with Crippen molar-refractivity contribution >= 4 is 21.9 Å². The van der Waals surface area contributed by atoms with Crippen LogP contribution in [-0.4, -0.2) is 42.4 Å². The van der Waals surface area contributed by atoms with Gasteiger partial charge in [-0.1, -0.05) is 18.4 Å². The number of amides is 1. The van der Waals surface area contributed by atoms with E-state index in [1.807, 2.05) is 6.92 Å². The number of rotatable bonds is 8. The third kappa shape index (κ3) is 5.12. The van der Waals surface area contributed by atoms with Crippen molar-refractivity contribution < 1.29 is 26.4 Å². The molecule has 11 heteroatoms. The van der Waals surface area contributed by atoms with Crippen LogP contribution in [0.3, 0.4) is 0 Å². The van der Waals surface area contributed by atoms with Crippen molar-refractivity contribution in [2.75, 3.05) is 18.9 Å². The molecule has 8 nitrogen and oxygen atoms in total. The summed E-state index contributed by atoms with van der Waals surface area (Å²) in [6.07, 6.45) is 1.61. The predicted octanol–water partition coefficient (Wildman–Crippen LogP) is 3.69.